The van der Waals surface area contributed by atoms with E-state index < -0.39 is 0 Å². The van der Waals surface area contributed by atoms with Crippen molar-refractivity contribution in [1.29, 1.82) is 0 Å². The highest BCUT2D eigenvalue weighted by atomic mass is 14.7. The van der Waals surface area contributed by atoms with Crippen molar-refractivity contribution in [3.63, 3.8) is 0 Å². The SMILES string of the molecule is CC(C)(C)c1ccc(-c2cc(-c3ccccc3)c3cc4nccc(-c5ccccc5)c4cc3n2)cc1.Cc1ccc(/C=C/C(C)(C)C)cc1. The van der Waals surface area contributed by atoms with Gasteiger partial charge in [0.25, 0.3) is 0 Å². The second-order valence-electron chi connectivity index (χ2n) is 15.0. The fraction of sp³-hybridized carbons (Fsp3) is 0.191. The Morgan fingerprint density at radius 3 is 1.69 bits per heavy atom. The fourth-order valence-electron chi connectivity index (χ4n) is 5.90. The molecule has 0 saturated heterocycles. The molecule has 0 saturated carbocycles. The smallest absolute Gasteiger partial charge is 0.0723 e. The van der Waals surface area contributed by atoms with E-state index in [1.807, 2.05) is 12.3 Å². The largest absolute Gasteiger partial charge is 0.256 e. The van der Waals surface area contributed by atoms with E-state index >= 15 is 0 Å². The van der Waals surface area contributed by atoms with Gasteiger partial charge < -0.3 is 0 Å². The Kier molecular flexibility index (Phi) is 9.60. The first kappa shape index (κ1) is 33.6. The van der Waals surface area contributed by atoms with Crippen molar-refractivity contribution >= 4 is 27.9 Å². The monoisotopic (exact) mass is 638 g/mol. The van der Waals surface area contributed by atoms with Gasteiger partial charge in [0.05, 0.1) is 16.7 Å². The molecule has 0 aliphatic rings. The molecule has 244 valence electrons. The summed E-state index contributed by atoms with van der Waals surface area (Å²) in [7, 11) is 0. The summed E-state index contributed by atoms with van der Waals surface area (Å²) in [6.07, 6.45) is 6.31. The highest BCUT2D eigenvalue weighted by Gasteiger charge is 2.16. The van der Waals surface area contributed by atoms with E-state index in [-0.39, 0.29) is 10.8 Å². The van der Waals surface area contributed by atoms with Crippen LogP contribution in [-0.2, 0) is 5.41 Å². The molecular formula is C47H46N2. The Balaban J connectivity index is 0.000000271. The molecule has 5 aromatic carbocycles. The van der Waals surface area contributed by atoms with Crippen LogP contribution in [0, 0.1) is 12.3 Å². The summed E-state index contributed by atoms with van der Waals surface area (Å²) in [4.78, 5) is 9.92. The molecule has 0 amide bonds. The molecule has 0 fully saturated rings. The summed E-state index contributed by atoms with van der Waals surface area (Å²) in [5, 5.41) is 2.23. The molecule has 2 heterocycles. The zero-order chi connectivity index (χ0) is 34.6. The van der Waals surface area contributed by atoms with E-state index in [9.17, 15) is 0 Å². The molecule has 0 spiro atoms. The summed E-state index contributed by atoms with van der Waals surface area (Å²) in [5.41, 5.74) is 13.0. The van der Waals surface area contributed by atoms with Crippen molar-refractivity contribution in [2.24, 2.45) is 5.41 Å². The van der Waals surface area contributed by atoms with Crippen molar-refractivity contribution in [1.82, 2.24) is 9.97 Å². The minimum Gasteiger partial charge on any atom is -0.256 e. The van der Waals surface area contributed by atoms with Crippen LogP contribution >= 0.6 is 0 Å². The van der Waals surface area contributed by atoms with Gasteiger partial charge in [0.2, 0.25) is 0 Å². The van der Waals surface area contributed by atoms with Crippen molar-refractivity contribution in [3.05, 3.63) is 162 Å². The maximum absolute atomic E-state index is 5.18. The average molecular weight is 639 g/mol. The van der Waals surface area contributed by atoms with E-state index in [4.69, 9.17) is 9.97 Å². The number of benzene rings is 5. The Bertz CT molecular complexity index is 2200. The minimum atomic E-state index is 0.115. The normalized spacial score (nSPS) is 11.9. The van der Waals surface area contributed by atoms with E-state index in [1.165, 1.54) is 38.9 Å². The first-order valence-electron chi connectivity index (χ1n) is 17.2. The van der Waals surface area contributed by atoms with Gasteiger partial charge in [-0.3, -0.25) is 4.98 Å². The van der Waals surface area contributed by atoms with Gasteiger partial charge in [-0.1, -0.05) is 168 Å². The average Bonchev–Trinajstić information content (AvgIpc) is 3.10. The van der Waals surface area contributed by atoms with Crippen LogP contribution in [0.25, 0.3) is 61.4 Å². The molecule has 2 aromatic heterocycles. The molecule has 0 unspecified atom stereocenters. The van der Waals surface area contributed by atoms with Gasteiger partial charge in [-0.25, -0.2) is 4.98 Å². The van der Waals surface area contributed by atoms with Gasteiger partial charge >= 0.3 is 0 Å². The van der Waals surface area contributed by atoms with Crippen LogP contribution in [-0.4, -0.2) is 9.97 Å². The predicted octanol–water partition coefficient (Wildman–Crippen LogP) is 13.1. The molecule has 0 aliphatic carbocycles. The summed E-state index contributed by atoms with van der Waals surface area (Å²) < 4.78 is 0. The summed E-state index contributed by atoms with van der Waals surface area (Å²) in [6.45, 7) is 15.5. The predicted molar refractivity (Wildman–Crippen MR) is 212 cm³/mol. The number of fused-ring (bicyclic) bond motifs is 2. The second-order valence-corrected chi connectivity index (χ2v) is 15.0. The fourth-order valence-corrected chi connectivity index (χ4v) is 5.90. The number of aryl methyl sites for hydroxylation is 1. The standard InChI is InChI=1S/C34H28N2.C13H18/c1-34(2,3)26-16-14-25(15-17-26)31-20-28(24-12-8-5-9-13-24)30-21-32-29(22-33(30)36-31)27(18-19-35-32)23-10-6-4-7-11-23;1-11-5-7-12(8-6-11)9-10-13(2,3)4/h4-22H,1-3H3;5-10H,1-4H3/b;10-9+. The van der Waals surface area contributed by atoms with Crippen LogP contribution in [0.4, 0.5) is 0 Å². The maximum atomic E-state index is 5.18. The molecule has 7 rings (SSSR count). The molecular weight excluding hydrogens is 593 g/mol. The minimum absolute atomic E-state index is 0.115. The molecule has 2 heteroatoms. The van der Waals surface area contributed by atoms with Gasteiger partial charge in [0.1, 0.15) is 0 Å². The number of rotatable bonds is 4. The van der Waals surface area contributed by atoms with E-state index in [0.717, 1.165) is 33.1 Å². The van der Waals surface area contributed by atoms with Crippen molar-refractivity contribution < 1.29 is 0 Å². The topological polar surface area (TPSA) is 25.8 Å². The number of pyridine rings is 2. The van der Waals surface area contributed by atoms with Crippen molar-refractivity contribution in [2.75, 3.05) is 0 Å². The van der Waals surface area contributed by atoms with Crippen LogP contribution in [0.2, 0.25) is 0 Å². The van der Waals surface area contributed by atoms with E-state index in [0.29, 0.717) is 0 Å². The number of hydrogen-bond acceptors (Lipinski definition) is 2. The Hall–Kier alpha value is -5.34. The van der Waals surface area contributed by atoms with Gasteiger partial charge in [0, 0.05) is 22.5 Å². The lowest BCUT2D eigenvalue weighted by Gasteiger charge is -2.19. The van der Waals surface area contributed by atoms with Gasteiger partial charge in [0.15, 0.2) is 0 Å². The molecule has 0 atom stereocenters. The number of aromatic nitrogens is 2. The Morgan fingerprint density at radius 1 is 0.531 bits per heavy atom. The van der Waals surface area contributed by atoms with Crippen LogP contribution in [0.3, 0.4) is 0 Å². The third-order valence-electron chi connectivity index (χ3n) is 8.74. The van der Waals surface area contributed by atoms with Gasteiger partial charge in [-0.15, -0.1) is 0 Å². The Labute approximate surface area is 292 Å². The summed E-state index contributed by atoms with van der Waals surface area (Å²) in [5.74, 6) is 0. The lowest BCUT2D eigenvalue weighted by atomic mass is 9.86. The van der Waals surface area contributed by atoms with Gasteiger partial charge in [-0.05, 0) is 75.4 Å². The van der Waals surface area contributed by atoms with Crippen LogP contribution in [0.1, 0.15) is 58.2 Å². The zero-order valence-corrected chi connectivity index (χ0v) is 29.8. The van der Waals surface area contributed by atoms with Gasteiger partial charge in [-0.2, -0.15) is 0 Å². The summed E-state index contributed by atoms with van der Waals surface area (Å²) in [6, 6.07) is 47.2. The maximum Gasteiger partial charge on any atom is 0.0723 e. The molecule has 0 aliphatic heterocycles. The molecule has 0 radical (unpaired) electrons. The van der Waals surface area contributed by atoms with Crippen LogP contribution < -0.4 is 0 Å². The van der Waals surface area contributed by atoms with Crippen molar-refractivity contribution in [3.8, 4) is 33.5 Å². The highest BCUT2D eigenvalue weighted by Crippen LogP contribution is 2.37. The van der Waals surface area contributed by atoms with E-state index in [1.54, 1.807) is 0 Å². The number of nitrogens with zero attached hydrogens (tertiary/aromatic N) is 2. The number of hydrogen-bond donors (Lipinski definition) is 0. The van der Waals surface area contributed by atoms with Crippen LogP contribution in [0.5, 0.6) is 0 Å². The molecule has 0 N–H and O–H groups in total. The second kappa shape index (κ2) is 14.0. The van der Waals surface area contributed by atoms with Crippen molar-refractivity contribution in [2.45, 2.75) is 53.9 Å². The molecule has 0 bridgehead atoms. The first-order valence-corrected chi connectivity index (χ1v) is 17.2. The molecule has 7 aromatic rings. The quantitative estimate of drug-likeness (QED) is 0.179. The van der Waals surface area contributed by atoms with E-state index in [2.05, 4.69) is 188 Å². The molecule has 49 heavy (non-hydrogen) atoms. The molecule has 2 nitrogen and oxygen atoms in total. The zero-order valence-electron chi connectivity index (χ0n) is 29.8. The third kappa shape index (κ3) is 8.21. The third-order valence-corrected chi connectivity index (χ3v) is 8.74. The number of allylic oxidation sites excluding steroid dienone is 1. The summed E-state index contributed by atoms with van der Waals surface area (Å²) >= 11 is 0. The van der Waals surface area contributed by atoms with Crippen LogP contribution in [0.15, 0.2) is 146 Å². The highest BCUT2D eigenvalue weighted by molar-refractivity contribution is 6.07. The lowest BCUT2D eigenvalue weighted by Crippen LogP contribution is -2.10. The first-order chi connectivity index (χ1) is 23.4. The Morgan fingerprint density at radius 2 is 1.10 bits per heavy atom. The lowest BCUT2D eigenvalue weighted by molar-refractivity contribution is 0.547.